The lowest BCUT2D eigenvalue weighted by molar-refractivity contribution is 0.104. The Labute approximate surface area is 189 Å². The minimum absolute atomic E-state index is 0.0370. The van der Waals surface area contributed by atoms with Crippen molar-refractivity contribution in [1.29, 1.82) is 0 Å². The van der Waals surface area contributed by atoms with Gasteiger partial charge in [-0.25, -0.2) is 0 Å². The van der Waals surface area contributed by atoms with E-state index in [0.29, 0.717) is 24.1 Å². The molecule has 0 saturated carbocycles. The number of ketones is 1. The summed E-state index contributed by atoms with van der Waals surface area (Å²) >= 11 is 1.53. The Morgan fingerprint density at radius 1 is 1.22 bits per heavy atom. The fourth-order valence-corrected chi connectivity index (χ4v) is 5.28. The summed E-state index contributed by atoms with van der Waals surface area (Å²) in [5, 5.41) is 8.37. The molecule has 6 nitrogen and oxygen atoms in total. The Morgan fingerprint density at radius 2 is 2.06 bits per heavy atom. The van der Waals surface area contributed by atoms with Gasteiger partial charge in [0.15, 0.2) is 5.78 Å². The van der Waals surface area contributed by atoms with Crippen molar-refractivity contribution in [1.82, 2.24) is 4.98 Å². The van der Waals surface area contributed by atoms with E-state index in [0.717, 1.165) is 43.9 Å². The molecule has 4 aromatic rings. The van der Waals surface area contributed by atoms with Gasteiger partial charge < -0.3 is 10.1 Å². The van der Waals surface area contributed by atoms with Crippen LogP contribution in [0.15, 0.2) is 66.1 Å². The van der Waals surface area contributed by atoms with Crippen molar-refractivity contribution in [2.24, 2.45) is 5.18 Å². The molecular formula is C25H21N3O3S. The highest BCUT2D eigenvalue weighted by molar-refractivity contribution is 7.23. The molecule has 0 bridgehead atoms. The second-order valence-corrected chi connectivity index (χ2v) is 8.83. The van der Waals surface area contributed by atoms with E-state index >= 15 is 0 Å². The Morgan fingerprint density at radius 3 is 2.84 bits per heavy atom. The monoisotopic (exact) mass is 443 g/mol. The smallest absolute Gasteiger partial charge is 0.196 e. The van der Waals surface area contributed by atoms with Crippen LogP contribution in [0.1, 0.15) is 45.1 Å². The lowest BCUT2D eigenvalue weighted by Crippen LogP contribution is -2.07. The Kier molecular flexibility index (Phi) is 5.41. The molecule has 1 N–H and O–H groups in total. The number of aromatic nitrogens is 1. The van der Waals surface area contributed by atoms with E-state index in [2.05, 4.69) is 15.5 Å². The first-order valence-electron chi connectivity index (χ1n) is 10.4. The molecule has 1 atom stereocenters. The number of anilines is 1. The van der Waals surface area contributed by atoms with Crippen molar-refractivity contribution in [2.75, 3.05) is 12.4 Å². The number of thiophene rings is 1. The van der Waals surface area contributed by atoms with Crippen molar-refractivity contribution >= 4 is 32.2 Å². The highest BCUT2D eigenvalue weighted by Gasteiger charge is 2.26. The molecular weight excluding hydrogens is 422 g/mol. The Balaban J connectivity index is 1.48. The average molecular weight is 444 g/mol. The van der Waals surface area contributed by atoms with E-state index < -0.39 is 0 Å². The molecule has 7 heteroatoms. The molecule has 0 radical (unpaired) electrons. The maximum atomic E-state index is 13.6. The fourth-order valence-electron chi connectivity index (χ4n) is 4.22. The maximum absolute atomic E-state index is 13.6. The minimum atomic E-state index is -0.302. The van der Waals surface area contributed by atoms with Crippen LogP contribution in [0.25, 0.3) is 10.1 Å². The summed E-state index contributed by atoms with van der Waals surface area (Å²) < 4.78 is 6.18. The van der Waals surface area contributed by atoms with Gasteiger partial charge in [-0.3, -0.25) is 9.78 Å². The normalized spacial score (nSPS) is 14.8. The van der Waals surface area contributed by atoms with Gasteiger partial charge in [-0.2, -0.15) is 4.91 Å². The first-order chi connectivity index (χ1) is 15.7. The molecule has 5 rings (SSSR count). The van der Waals surface area contributed by atoms with Crippen LogP contribution in [0, 0.1) is 4.91 Å². The van der Waals surface area contributed by atoms with Gasteiger partial charge >= 0.3 is 0 Å². The number of fused-ring (bicyclic) bond motifs is 2. The Hall–Kier alpha value is -3.58. The molecule has 0 amide bonds. The molecule has 1 aliphatic carbocycles. The molecule has 2 aromatic heterocycles. The summed E-state index contributed by atoms with van der Waals surface area (Å²) in [6.45, 7) is 0.585. The maximum Gasteiger partial charge on any atom is 0.196 e. The lowest BCUT2D eigenvalue weighted by Gasteiger charge is -2.10. The molecule has 0 aliphatic heterocycles. The summed E-state index contributed by atoms with van der Waals surface area (Å²) in [6, 6.07) is 15.0. The topological polar surface area (TPSA) is 80.7 Å². The number of benzene rings is 2. The van der Waals surface area contributed by atoms with Crippen molar-refractivity contribution in [3.8, 4) is 5.75 Å². The molecule has 0 saturated heterocycles. The van der Waals surface area contributed by atoms with Gasteiger partial charge in [-0.1, -0.05) is 29.4 Å². The summed E-state index contributed by atoms with van der Waals surface area (Å²) in [4.78, 5) is 28.9. The second kappa shape index (κ2) is 8.51. The van der Waals surface area contributed by atoms with Gasteiger partial charge in [0.1, 0.15) is 16.8 Å². The lowest BCUT2D eigenvalue weighted by atomic mass is 9.98. The number of carbonyl (C=O) groups excluding carboxylic acids is 1. The molecule has 160 valence electrons. The standard InChI is InChI=1S/C25H21N3O3S/c1-31-18-6-2-15(3-7-18)13-27-25-23(20-10-11-26-14-22(20)32-25)24(29)17-4-8-19-16(12-17)5-9-21(19)28-30/h2-4,6-8,10-12,14,21,27H,5,9,13H2,1H3. The second-order valence-electron chi connectivity index (χ2n) is 7.78. The summed E-state index contributed by atoms with van der Waals surface area (Å²) in [5.41, 5.74) is 4.34. The largest absolute Gasteiger partial charge is 0.497 e. The first-order valence-corrected chi connectivity index (χ1v) is 11.2. The van der Waals surface area contributed by atoms with Crippen LogP contribution in [0.4, 0.5) is 5.00 Å². The highest BCUT2D eigenvalue weighted by Crippen LogP contribution is 2.39. The minimum Gasteiger partial charge on any atom is -0.497 e. The third kappa shape index (κ3) is 3.65. The van der Waals surface area contributed by atoms with Crippen LogP contribution in [-0.4, -0.2) is 17.9 Å². The van der Waals surface area contributed by atoms with Crippen molar-refractivity contribution < 1.29 is 9.53 Å². The van der Waals surface area contributed by atoms with E-state index in [4.69, 9.17) is 4.74 Å². The van der Waals surface area contributed by atoms with E-state index in [1.54, 1.807) is 19.5 Å². The van der Waals surface area contributed by atoms with E-state index in [-0.39, 0.29) is 11.8 Å². The van der Waals surface area contributed by atoms with Crippen LogP contribution in [0.5, 0.6) is 5.75 Å². The molecule has 1 unspecified atom stereocenters. The molecule has 1 aliphatic rings. The van der Waals surface area contributed by atoms with Gasteiger partial charge in [-0.05, 0) is 53.8 Å². The van der Waals surface area contributed by atoms with Crippen LogP contribution >= 0.6 is 11.3 Å². The number of hydrogen-bond acceptors (Lipinski definition) is 7. The molecule has 0 fully saturated rings. The zero-order chi connectivity index (χ0) is 22.1. The SMILES string of the molecule is COc1ccc(CNc2sc3cnccc3c2C(=O)c2ccc3c(c2)CCC3N=O)cc1. The molecule has 2 heterocycles. The molecule has 0 spiro atoms. The van der Waals surface area contributed by atoms with E-state index in [9.17, 15) is 9.70 Å². The number of hydrogen-bond donors (Lipinski definition) is 1. The summed E-state index contributed by atoms with van der Waals surface area (Å²) in [7, 11) is 1.64. The van der Waals surface area contributed by atoms with Crippen molar-refractivity contribution in [3.63, 3.8) is 0 Å². The van der Waals surface area contributed by atoms with E-state index in [1.165, 1.54) is 11.3 Å². The number of nitrogens with one attached hydrogen (secondary N) is 1. The zero-order valence-electron chi connectivity index (χ0n) is 17.5. The number of carbonyl (C=O) groups is 1. The number of pyridine rings is 1. The van der Waals surface area contributed by atoms with Gasteiger partial charge in [0, 0.05) is 29.9 Å². The number of rotatable bonds is 7. The van der Waals surface area contributed by atoms with Crippen LogP contribution in [0.3, 0.4) is 0 Å². The van der Waals surface area contributed by atoms with Crippen LogP contribution in [0.2, 0.25) is 0 Å². The number of ether oxygens (including phenoxy) is 1. The van der Waals surface area contributed by atoms with Crippen LogP contribution in [-0.2, 0) is 13.0 Å². The average Bonchev–Trinajstić information content (AvgIpc) is 3.43. The van der Waals surface area contributed by atoms with Crippen molar-refractivity contribution in [2.45, 2.75) is 25.4 Å². The Bertz CT molecular complexity index is 1310. The molecule has 32 heavy (non-hydrogen) atoms. The van der Waals surface area contributed by atoms with Gasteiger partial charge in [0.25, 0.3) is 0 Å². The van der Waals surface area contributed by atoms with Gasteiger partial charge in [-0.15, -0.1) is 11.3 Å². The summed E-state index contributed by atoms with van der Waals surface area (Å²) in [5.74, 6) is 0.770. The number of nitroso groups, excluding NO2 is 1. The van der Waals surface area contributed by atoms with Crippen LogP contribution < -0.4 is 10.1 Å². The van der Waals surface area contributed by atoms with Gasteiger partial charge in [0.2, 0.25) is 0 Å². The van der Waals surface area contributed by atoms with E-state index in [1.807, 2.05) is 48.5 Å². The fraction of sp³-hybridized carbons (Fsp3) is 0.200. The first kappa shape index (κ1) is 20.3. The third-order valence-electron chi connectivity index (χ3n) is 5.91. The zero-order valence-corrected chi connectivity index (χ0v) is 18.3. The highest BCUT2D eigenvalue weighted by atomic mass is 32.1. The summed E-state index contributed by atoms with van der Waals surface area (Å²) in [6.07, 6.45) is 4.97. The quantitative estimate of drug-likeness (QED) is 0.284. The predicted octanol–water partition coefficient (Wildman–Crippen LogP) is 5.90. The van der Waals surface area contributed by atoms with Crippen molar-refractivity contribution in [3.05, 3.63) is 93.6 Å². The number of methoxy groups -OCH3 is 1. The third-order valence-corrected chi connectivity index (χ3v) is 7.01. The number of nitrogens with zero attached hydrogens (tertiary/aromatic N) is 2. The predicted molar refractivity (Wildman–Crippen MR) is 127 cm³/mol. The number of aryl methyl sites for hydroxylation is 1. The molecule has 2 aromatic carbocycles. The van der Waals surface area contributed by atoms with Gasteiger partial charge in [0.05, 0.1) is 17.4 Å².